The van der Waals surface area contributed by atoms with Gasteiger partial charge in [0, 0.05) is 13.1 Å². The minimum absolute atomic E-state index is 0.120. The minimum Gasteiger partial charge on any atom is -0.369 e. The first-order valence-corrected chi connectivity index (χ1v) is 6.13. The molecule has 0 spiro atoms. The Morgan fingerprint density at radius 2 is 2.07 bits per heavy atom. The Kier molecular flexibility index (Phi) is 3.13. The number of morpholine rings is 1. The van der Waals surface area contributed by atoms with Crippen molar-refractivity contribution < 1.29 is 4.74 Å². The molecule has 2 heteroatoms. The summed E-state index contributed by atoms with van der Waals surface area (Å²) in [5.74, 6) is 0.796. The van der Waals surface area contributed by atoms with Gasteiger partial charge in [0.15, 0.2) is 0 Å². The largest absolute Gasteiger partial charge is 0.369 e. The zero-order valence-electron chi connectivity index (χ0n) is 9.51. The summed E-state index contributed by atoms with van der Waals surface area (Å²) in [5, 5.41) is 3.53. The topological polar surface area (TPSA) is 21.3 Å². The van der Waals surface area contributed by atoms with E-state index in [2.05, 4.69) is 19.2 Å². The second-order valence-electron chi connectivity index (χ2n) is 5.07. The lowest BCUT2D eigenvalue weighted by Crippen LogP contribution is -2.55. The SMILES string of the molecule is CCC1CNCC(C)(C2CCCC2)O1. The second-order valence-corrected chi connectivity index (χ2v) is 5.07. The molecule has 2 rings (SSSR count). The molecule has 2 atom stereocenters. The summed E-state index contributed by atoms with van der Waals surface area (Å²) in [4.78, 5) is 0. The Labute approximate surface area is 87.4 Å². The van der Waals surface area contributed by atoms with Crippen molar-refractivity contribution in [3.8, 4) is 0 Å². The van der Waals surface area contributed by atoms with Crippen LogP contribution in [0.5, 0.6) is 0 Å². The molecular formula is C12H23NO. The van der Waals surface area contributed by atoms with Crippen LogP contribution in [0.2, 0.25) is 0 Å². The van der Waals surface area contributed by atoms with E-state index < -0.39 is 0 Å². The zero-order valence-corrected chi connectivity index (χ0v) is 9.51. The third-order valence-corrected chi connectivity index (χ3v) is 3.96. The molecule has 0 bridgehead atoms. The highest BCUT2D eigenvalue weighted by Crippen LogP contribution is 2.38. The van der Waals surface area contributed by atoms with E-state index in [1.807, 2.05) is 0 Å². The molecule has 2 nitrogen and oxygen atoms in total. The van der Waals surface area contributed by atoms with Crippen LogP contribution in [-0.2, 0) is 4.74 Å². The molecule has 2 unspecified atom stereocenters. The summed E-state index contributed by atoms with van der Waals surface area (Å²) in [7, 11) is 0. The van der Waals surface area contributed by atoms with Gasteiger partial charge in [0.05, 0.1) is 11.7 Å². The lowest BCUT2D eigenvalue weighted by atomic mass is 9.86. The van der Waals surface area contributed by atoms with Crippen molar-refractivity contribution in [1.29, 1.82) is 0 Å². The fourth-order valence-electron chi connectivity index (χ4n) is 2.95. The average molecular weight is 197 g/mol. The van der Waals surface area contributed by atoms with Crippen molar-refractivity contribution in [3.05, 3.63) is 0 Å². The Morgan fingerprint density at radius 3 is 2.71 bits per heavy atom. The van der Waals surface area contributed by atoms with E-state index in [0.717, 1.165) is 25.4 Å². The summed E-state index contributed by atoms with van der Waals surface area (Å²) in [5.41, 5.74) is 0.120. The molecule has 1 aliphatic carbocycles. The number of hydrogen-bond donors (Lipinski definition) is 1. The van der Waals surface area contributed by atoms with E-state index in [4.69, 9.17) is 4.74 Å². The molecule has 2 fully saturated rings. The number of ether oxygens (including phenoxy) is 1. The van der Waals surface area contributed by atoms with E-state index in [1.165, 1.54) is 25.7 Å². The average Bonchev–Trinajstić information content (AvgIpc) is 2.71. The molecule has 1 aliphatic heterocycles. The highest BCUT2D eigenvalue weighted by molar-refractivity contribution is 4.92. The van der Waals surface area contributed by atoms with Crippen molar-refractivity contribution >= 4 is 0 Å². The maximum atomic E-state index is 6.24. The van der Waals surface area contributed by atoms with E-state index in [0.29, 0.717) is 6.10 Å². The van der Waals surface area contributed by atoms with Gasteiger partial charge in [-0.05, 0) is 32.1 Å². The highest BCUT2D eigenvalue weighted by atomic mass is 16.5. The molecular weight excluding hydrogens is 174 g/mol. The van der Waals surface area contributed by atoms with Crippen LogP contribution >= 0.6 is 0 Å². The predicted molar refractivity (Wildman–Crippen MR) is 58.4 cm³/mol. The predicted octanol–water partition coefficient (Wildman–Crippen LogP) is 2.33. The summed E-state index contributed by atoms with van der Waals surface area (Å²) < 4.78 is 6.24. The van der Waals surface area contributed by atoms with Gasteiger partial charge in [-0.3, -0.25) is 0 Å². The molecule has 0 aromatic carbocycles. The molecule has 0 aromatic heterocycles. The lowest BCUT2D eigenvalue weighted by Gasteiger charge is -2.43. The van der Waals surface area contributed by atoms with E-state index >= 15 is 0 Å². The molecule has 1 saturated heterocycles. The third-order valence-electron chi connectivity index (χ3n) is 3.96. The number of hydrogen-bond acceptors (Lipinski definition) is 2. The summed E-state index contributed by atoms with van der Waals surface area (Å²) in [6.45, 7) is 6.61. The molecule has 1 N–H and O–H groups in total. The first-order valence-electron chi connectivity index (χ1n) is 6.13. The van der Waals surface area contributed by atoms with Crippen molar-refractivity contribution in [2.75, 3.05) is 13.1 Å². The second kappa shape index (κ2) is 4.19. The first kappa shape index (κ1) is 10.4. The molecule has 1 saturated carbocycles. The monoisotopic (exact) mass is 197 g/mol. The van der Waals surface area contributed by atoms with Crippen LogP contribution in [0.3, 0.4) is 0 Å². The normalized spacial score (nSPS) is 40.3. The fraction of sp³-hybridized carbons (Fsp3) is 1.00. The van der Waals surface area contributed by atoms with E-state index in [1.54, 1.807) is 0 Å². The van der Waals surface area contributed by atoms with Crippen LogP contribution in [0, 0.1) is 5.92 Å². The van der Waals surface area contributed by atoms with Crippen LogP contribution in [0.25, 0.3) is 0 Å². The van der Waals surface area contributed by atoms with Crippen molar-refractivity contribution in [3.63, 3.8) is 0 Å². The highest BCUT2D eigenvalue weighted by Gasteiger charge is 2.40. The van der Waals surface area contributed by atoms with Crippen molar-refractivity contribution in [1.82, 2.24) is 5.32 Å². The smallest absolute Gasteiger partial charge is 0.0810 e. The van der Waals surface area contributed by atoms with E-state index in [9.17, 15) is 0 Å². The molecule has 0 aromatic rings. The maximum absolute atomic E-state index is 6.24. The molecule has 0 radical (unpaired) electrons. The summed E-state index contributed by atoms with van der Waals surface area (Å²) in [6, 6.07) is 0. The first-order chi connectivity index (χ1) is 6.74. The van der Waals surface area contributed by atoms with Crippen molar-refractivity contribution in [2.24, 2.45) is 5.92 Å². The van der Waals surface area contributed by atoms with E-state index in [-0.39, 0.29) is 5.60 Å². The summed E-state index contributed by atoms with van der Waals surface area (Å²) in [6.07, 6.45) is 7.12. The minimum atomic E-state index is 0.120. The molecule has 82 valence electrons. The quantitative estimate of drug-likeness (QED) is 0.733. The Balaban J connectivity index is 1.98. The molecule has 0 amide bonds. The Bertz CT molecular complexity index is 189. The Morgan fingerprint density at radius 1 is 1.36 bits per heavy atom. The van der Waals surface area contributed by atoms with Gasteiger partial charge >= 0.3 is 0 Å². The van der Waals surface area contributed by atoms with Gasteiger partial charge in [-0.1, -0.05) is 19.8 Å². The van der Waals surface area contributed by atoms with Crippen molar-refractivity contribution in [2.45, 2.75) is 57.7 Å². The molecule has 14 heavy (non-hydrogen) atoms. The van der Waals surface area contributed by atoms with Gasteiger partial charge in [0.1, 0.15) is 0 Å². The molecule has 2 aliphatic rings. The summed E-state index contributed by atoms with van der Waals surface area (Å²) >= 11 is 0. The maximum Gasteiger partial charge on any atom is 0.0810 e. The number of nitrogens with one attached hydrogen (secondary N) is 1. The van der Waals surface area contributed by atoms with Gasteiger partial charge in [-0.25, -0.2) is 0 Å². The van der Waals surface area contributed by atoms with Crippen LogP contribution in [-0.4, -0.2) is 24.8 Å². The fourth-order valence-corrected chi connectivity index (χ4v) is 2.95. The zero-order chi connectivity index (χ0) is 10.0. The van der Waals surface area contributed by atoms with Crippen LogP contribution in [0.15, 0.2) is 0 Å². The van der Waals surface area contributed by atoms with Gasteiger partial charge in [0.25, 0.3) is 0 Å². The molecule has 1 heterocycles. The van der Waals surface area contributed by atoms with Crippen LogP contribution < -0.4 is 5.32 Å². The van der Waals surface area contributed by atoms with Crippen LogP contribution in [0.4, 0.5) is 0 Å². The van der Waals surface area contributed by atoms with Gasteiger partial charge < -0.3 is 10.1 Å². The van der Waals surface area contributed by atoms with Gasteiger partial charge in [-0.2, -0.15) is 0 Å². The lowest BCUT2D eigenvalue weighted by molar-refractivity contribution is -0.136. The standard InChI is InChI=1S/C12H23NO/c1-3-11-8-13-9-12(2,14-11)10-6-4-5-7-10/h10-11,13H,3-9H2,1-2H3. The van der Waals surface area contributed by atoms with Crippen LogP contribution in [0.1, 0.15) is 46.0 Å². The third kappa shape index (κ3) is 1.96. The Hall–Kier alpha value is -0.0800. The van der Waals surface area contributed by atoms with Gasteiger partial charge in [0.2, 0.25) is 0 Å². The van der Waals surface area contributed by atoms with Gasteiger partial charge in [-0.15, -0.1) is 0 Å². The number of rotatable bonds is 2.